The minimum absolute atomic E-state index is 0.455. The molecule has 0 aliphatic carbocycles. The summed E-state index contributed by atoms with van der Waals surface area (Å²) in [5.74, 6) is 0. The Labute approximate surface area is 71.7 Å². The van der Waals surface area contributed by atoms with Gasteiger partial charge in [-0.1, -0.05) is 6.92 Å². The molecule has 1 aromatic rings. The molecule has 1 N–H and O–H groups in total. The second-order valence-electron chi connectivity index (χ2n) is 2.55. The maximum atomic E-state index is 9.86. The Morgan fingerprint density at radius 2 is 2.50 bits per heavy atom. The lowest BCUT2D eigenvalue weighted by Crippen LogP contribution is -1.99. The van der Waals surface area contributed by atoms with Crippen LogP contribution >= 0.6 is 0 Å². The van der Waals surface area contributed by atoms with Gasteiger partial charge in [0.15, 0.2) is 0 Å². The lowest BCUT2D eigenvalue weighted by Gasteiger charge is -2.00. The summed E-state index contributed by atoms with van der Waals surface area (Å²) in [6, 6.07) is 2.05. The van der Waals surface area contributed by atoms with Crippen molar-refractivity contribution in [1.29, 1.82) is 0 Å². The minimum Gasteiger partial charge on any atom is -0.467 e. The average molecular weight is 167 g/mol. The zero-order valence-corrected chi connectivity index (χ0v) is 7.17. The van der Waals surface area contributed by atoms with Crippen LogP contribution in [0.25, 0.3) is 0 Å². The van der Waals surface area contributed by atoms with Gasteiger partial charge >= 0.3 is 0 Å². The molecule has 0 bridgehead atoms. The molecule has 3 nitrogen and oxygen atoms in total. The smallest absolute Gasteiger partial charge is 0.293 e. The third-order valence-corrected chi connectivity index (χ3v) is 1.85. The van der Waals surface area contributed by atoms with Crippen LogP contribution in [0.4, 0.5) is 0 Å². The number of H-pyrrole nitrogens is 1. The molecule has 0 atom stereocenters. The number of carbonyl (C=O) groups excluding carboxylic acids is 1. The van der Waals surface area contributed by atoms with Gasteiger partial charge in [-0.2, -0.15) is 0 Å². The summed E-state index contributed by atoms with van der Waals surface area (Å²) in [5, 5.41) is 0. The number of hydrogen-bond donors (Lipinski definition) is 1. The van der Waals surface area contributed by atoms with Crippen LogP contribution in [-0.2, 0) is 22.4 Å². The normalized spacial score (nSPS) is 9.75. The maximum Gasteiger partial charge on any atom is 0.293 e. The number of aromatic nitrogens is 1. The molecule has 0 aliphatic heterocycles. The first-order valence-electron chi connectivity index (χ1n) is 4.08. The van der Waals surface area contributed by atoms with E-state index >= 15 is 0 Å². The summed E-state index contributed by atoms with van der Waals surface area (Å²) >= 11 is 0. The first kappa shape index (κ1) is 8.84. The third kappa shape index (κ3) is 2.12. The second kappa shape index (κ2) is 4.59. The predicted molar refractivity (Wildman–Crippen MR) is 45.9 cm³/mol. The molecule has 0 aromatic carbocycles. The van der Waals surface area contributed by atoms with Gasteiger partial charge in [-0.05, 0) is 18.1 Å². The molecule has 12 heavy (non-hydrogen) atoms. The van der Waals surface area contributed by atoms with Crippen LogP contribution in [0.3, 0.4) is 0 Å². The van der Waals surface area contributed by atoms with Crippen molar-refractivity contribution in [1.82, 2.24) is 4.98 Å². The van der Waals surface area contributed by atoms with Crippen molar-refractivity contribution in [3.05, 3.63) is 23.5 Å². The van der Waals surface area contributed by atoms with Gasteiger partial charge in [0.2, 0.25) is 0 Å². The van der Waals surface area contributed by atoms with Crippen LogP contribution in [0.15, 0.2) is 12.3 Å². The number of aromatic amines is 1. The Bertz CT molecular complexity index is 242. The average Bonchev–Trinajstić information content (AvgIpc) is 2.52. The molecular formula is C9H13NO2. The molecule has 0 fully saturated rings. The third-order valence-electron chi connectivity index (χ3n) is 1.85. The van der Waals surface area contributed by atoms with Gasteiger partial charge in [0, 0.05) is 18.3 Å². The Morgan fingerprint density at radius 3 is 3.17 bits per heavy atom. The van der Waals surface area contributed by atoms with E-state index < -0.39 is 0 Å². The topological polar surface area (TPSA) is 42.1 Å². The van der Waals surface area contributed by atoms with Crippen LogP contribution in [-0.4, -0.2) is 18.1 Å². The molecule has 66 valence electrons. The van der Waals surface area contributed by atoms with E-state index in [1.165, 1.54) is 11.3 Å². The van der Waals surface area contributed by atoms with Crippen molar-refractivity contribution < 1.29 is 9.53 Å². The van der Waals surface area contributed by atoms with Crippen molar-refractivity contribution >= 4 is 6.47 Å². The van der Waals surface area contributed by atoms with Gasteiger partial charge in [0.05, 0.1) is 6.61 Å². The molecule has 1 rings (SSSR count). The molecule has 1 aromatic heterocycles. The summed E-state index contributed by atoms with van der Waals surface area (Å²) in [4.78, 5) is 13.0. The molecule has 0 saturated carbocycles. The summed E-state index contributed by atoms with van der Waals surface area (Å²) in [7, 11) is 0. The monoisotopic (exact) mass is 167 g/mol. The highest BCUT2D eigenvalue weighted by Crippen LogP contribution is 2.07. The molecule has 3 heteroatoms. The van der Waals surface area contributed by atoms with Crippen LogP contribution < -0.4 is 0 Å². The Balaban J connectivity index is 2.44. The molecular weight excluding hydrogens is 154 g/mol. The fourth-order valence-electron chi connectivity index (χ4n) is 1.21. The van der Waals surface area contributed by atoms with Crippen LogP contribution in [0.5, 0.6) is 0 Å². The zero-order valence-electron chi connectivity index (χ0n) is 7.17. The van der Waals surface area contributed by atoms with E-state index in [1.54, 1.807) is 0 Å². The highest BCUT2D eigenvalue weighted by Gasteiger charge is 2.00. The molecule has 1 heterocycles. The molecule has 0 aliphatic rings. The van der Waals surface area contributed by atoms with Crippen molar-refractivity contribution in [3.8, 4) is 0 Å². The van der Waals surface area contributed by atoms with E-state index in [1.807, 2.05) is 6.20 Å². The van der Waals surface area contributed by atoms with E-state index in [-0.39, 0.29) is 0 Å². The van der Waals surface area contributed by atoms with Crippen molar-refractivity contribution in [3.63, 3.8) is 0 Å². The molecule has 0 radical (unpaired) electrons. The van der Waals surface area contributed by atoms with Gasteiger partial charge in [0.25, 0.3) is 6.47 Å². The highest BCUT2D eigenvalue weighted by molar-refractivity contribution is 5.37. The number of rotatable bonds is 5. The Hall–Kier alpha value is -1.25. The standard InChI is InChI=1S/C9H13NO2/c1-2-8-3-5-10-9(8)4-6-12-7-11/h3,5,7,10H,2,4,6H2,1H3. The fourth-order valence-corrected chi connectivity index (χ4v) is 1.21. The summed E-state index contributed by atoms with van der Waals surface area (Å²) in [6.45, 7) is 3.04. The van der Waals surface area contributed by atoms with Crippen LogP contribution in [0, 0.1) is 0 Å². The van der Waals surface area contributed by atoms with Crippen molar-refractivity contribution in [2.45, 2.75) is 19.8 Å². The number of nitrogens with one attached hydrogen (secondary N) is 1. The maximum absolute atomic E-state index is 9.86. The van der Waals surface area contributed by atoms with E-state index in [4.69, 9.17) is 0 Å². The SMILES string of the molecule is CCc1cc[nH]c1CCOC=O. The Kier molecular flexibility index (Phi) is 3.38. The second-order valence-corrected chi connectivity index (χ2v) is 2.55. The molecule has 0 saturated heterocycles. The lowest BCUT2D eigenvalue weighted by atomic mass is 10.1. The van der Waals surface area contributed by atoms with Gasteiger partial charge in [-0.3, -0.25) is 4.79 Å². The van der Waals surface area contributed by atoms with E-state index in [0.717, 1.165) is 12.8 Å². The van der Waals surface area contributed by atoms with Crippen LogP contribution in [0.2, 0.25) is 0 Å². The summed E-state index contributed by atoms with van der Waals surface area (Å²) < 4.78 is 4.61. The Morgan fingerprint density at radius 1 is 1.67 bits per heavy atom. The van der Waals surface area contributed by atoms with E-state index in [2.05, 4.69) is 22.7 Å². The van der Waals surface area contributed by atoms with Gasteiger partial charge < -0.3 is 9.72 Å². The summed E-state index contributed by atoms with van der Waals surface area (Å²) in [6.07, 6.45) is 3.70. The number of carbonyl (C=O) groups is 1. The first-order chi connectivity index (χ1) is 5.88. The molecule has 0 amide bonds. The molecule has 0 unspecified atom stereocenters. The van der Waals surface area contributed by atoms with Gasteiger partial charge in [-0.25, -0.2) is 0 Å². The lowest BCUT2D eigenvalue weighted by molar-refractivity contribution is -0.128. The highest BCUT2D eigenvalue weighted by atomic mass is 16.5. The predicted octanol–water partition coefficient (Wildman–Crippen LogP) is 1.29. The van der Waals surface area contributed by atoms with Crippen molar-refractivity contribution in [2.24, 2.45) is 0 Å². The van der Waals surface area contributed by atoms with E-state index in [9.17, 15) is 4.79 Å². The van der Waals surface area contributed by atoms with E-state index in [0.29, 0.717) is 13.1 Å². The number of ether oxygens (including phenoxy) is 1. The number of aryl methyl sites for hydroxylation is 1. The first-order valence-corrected chi connectivity index (χ1v) is 4.08. The van der Waals surface area contributed by atoms with Gasteiger partial charge in [-0.15, -0.1) is 0 Å². The fraction of sp³-hybridized carbons (Fsp3) is 0.444. The minimum atomic E-state index is 0.455. The van der Waals surface area contributed by atoms with Gasteiger partial charge in [0.1, 0.15) is 0 Å². The molecule has 0 spiro atoms. The number of hydrogen-bond acceptors (Lipinski definition) is 2. The van der Waals surface area contributed by atoms with Crippen LogP contribution in [0.1, 0.15) is 18.2 Å². The van der Waals surface area contributed by atoms with Crippen molar-refractivity contribution in [2.75, 3.05) is 6.61 Å². The quantitative estimate of drug-likeness (QED) is 0.530. The zero-order chi connectivity index (χ0) is 8.81. The largest absolute Gasteiger partial charge is 0.467 e. The summed E-state index contributed by atoms with van der Waals surface area (Å²) in [5.41, 5.74) is 2.46.